The van der Waals surface area contributed by atoms with Crippen LogP contribution >= 0.6 is 0 Å². The van der Waals surface area contributed by atoms with Crippen molar-refractivity contribution >= 4 is 5.91 Å². The molecule has 140 valence electrons. The molecular formula is C21H24N4O2. The normalized spacial score (nSPS) is 12.0. The molecule has 0 fully saturated rings. The molecule has 2 aromatic heterocycles. The second-order valence-electron chi connectivity index (χ2n) is 6.60. The highest BCUT2D eigenvalue weighted by Gasteiger charge is 2.19. The number of carbonyl (C=O) groups excluding carboxylic acids is 1. The monoisotopic (exact) mass is 364 g/mol. The molecular weight excluding hydrogens is 340 g/mol. The minimum Gasteiger partial charge on any atom is -0.345 e. The summed E-state index contributed by atoms with van der Waals surface area (Å²) >= 11 is 0. The maximum Gasteiger partial charge on any atom is 0.251 e. The van der Waals surface area contributed by atoms with Gasteiger partial charge in [-0.1, -0.05) is 18.2 Å². The van der Waals surface area contributed by atoms with Crippen LogP contribution in [0.15, 0.2) is 47.3 Å². The molecule has 1 atom stereocenters. The molecule has 3 aromatic rings. The van der Waals surface area contributed by atoms with Gasteiger partial charge in [0.2, 0.25) is 5.56 Å². The summed E-state index contributed by atoms with van der Waals surface area (Å²) in [4.78, 5) is 26.9. The summed E-state index contributed by atoms with van der Waals surface area (Å²) in [7, 11) is 0. The van der Waals surface area contributed by atoms with Crippen molar-refractivity contribution in [2.24, 2.45) is 0 Å². The van der Waals surface area contributed by atoms with Crippen molar-refractivity contribution in [2.45, 2.75) is 40.3 Å². The van der Waals surface area contributed by atoms with E-state index in [9.17, 15) is 9.59 Å². The standard InChI is InChI=1S/C21H24N4O2/c1-5-25-15(4)20(14(3)24-25)13(2)22-21(27)17-11-9-16(10-12-17)18-7-6-8-19(26)23-18/h6-13H,5H2,1-4H3,(H,22,27)(H,23,26)/t13-/m0/s1. The molecule has 0 aliphatic rings. The van der Waals surface area contributed by atoms with E-state index >= 15 is 0 Å². The third-order valence-electron chi connectivity index (χ3n) is 4.74. The van der Waals surface area contributed by atoms with Gasteiger partial charge in [0.1, 0.15) is 0 Å². The molecule has 0 saturated heterocycles. The minimum absolute atomic E-state index is 0.136. The summed E-state index contributed by atoms with van der Waals surface area (Å²) in [6.07, 6.45) is 0. The van der Waals surface area contributed by atoms with E-state index in [4.69, 9.17) is 0 Å². The minimum atomic E-state index is -0.151. The van der Waals surface area contributed by atoms with Crippen LogP contribution in [0.4, 0.5) is 0 Å². The number of hydrogen-bond acceptors (Lipinski definition) is 3. The van der Waals surface area contributed by atoms with Crippen molar-refractivity contribution in [3.63, 3.8) is 0 Å². The first-order valence-electron chi connectivity index (χ1n) is 9.05. The van der Waals surface area contributed by atoms with E-state index in [1.165, 1.54) is 6.07 Å². The van der Waals surface area contributed by atoms with Gasteiger partial charge in [0.05, 0.1) is 11.7 Å². The number of aromatic amines is 1. The Morgan fingerprint density at radius 2 is 1.89 bits per heavy atom. The zero-order valence-corrected chi connectivity index (χ0v) is 16.0. The summed E-state index contributed by atoms with van der Waals surface area (Å²) in [5.74, 6) is -0.140. The number of aryl methyl sites for hydroxylation is 2. The van der Waals surface area contributed by atoms with E-state index in [0.29, 0.717) is 5.56 Å². The molecule has 0 radical (unpaired) electrons. The van der Waals surface area contributed by atoms with Crippen LogP contribution in [0, 0.1) is 13.8 Å². The fourth-order valence-corrected chi connectivity index (χ4v) is 3.41. The number of carbonyl (C=O) groups is 1. The summed E-state index contributed by atoms with van der Waals surface area (Å²) in [6.45, 7) is 8.81. The lowest BCUT2D eigenvalue weighted by molar-refractivity contribution is 0.0940. The lowest BCUT2D eigenvalue weighted by atomic mass is 10.0. The number of hydrogen-bond donors (Lipinski definition) is 2. The number of H-pyrrole nitrogens is 1. The Bertz CT molecular complexity index is 1020. The van der Waals surface area contributed by atoms with E-state index in [-0.39, 0.29) is 17.5 Å². The first kappa shape index (κ1) is 18.6. The molecule has 0 saturated carbocycles. The van der Waals surface area contributed by atoms with E-state index < -0.39 is 0 Å². The molecule has 0 spiro atoms. The number of aromatic nitrogens is 3. The summed E-state index contributed by atoms with van der Waals surface area (Å²) in [6, 6.07) is 12.1. The van der Waals surface area contributed by atoms with Crippen molar-refractivity contribution in [3.05, 3.63) is 75.3 Å². The van der Waals surface area contributed by atoms with Gasteiger partial charge >= 0.3 is 0 Å². The number of benzene rings is 1. The van der Waals surface area contributed by atoms with Gasteiger partial charge in [-0.3, -0.25) is 14.3 Å². The van der Waals surface area contributed by atoms with Crippen LogP contribution in [-0.2, 0) is 6.54 Å². The Hall–Kier alpha value is -3.15. The molecule has 0 unspecified atom stereocenters. The Labute approximate surface area is 158 Å². The number of nitrogens with one attached hydrogen (secondary N) is 2. The van der Waals surface area contributed by atoms with Gasteiger partial charge < -0.3 is 10.3 Å². The van der Waals surface area contributed by atoms with Crippen molar-refractivity contribution < 1.29 is 4.79 Å². The highest BCUT2D eigenvalue weighted by molar-refractivity contribution is 5.94. The van der Waals surface area contributed by atoms with Crippen molar-refractivity contribution in [1.29, 1.82) is 0 Å². The van der Waals surface area contributed by atoms with Gasteiger partial charge in [-0.25, -0.2) is 0 Å². The molecule has 6 heteroatoms. The topological polar surface area (TPSA) is 79.8 Å². The predicted molar refractivity (Wildman–Crippen MR) is 106 cm³/mol. The number of nitrogens with zero attached hydrogens (tertiary/aromatic N) is 2. The highest BCUT2D eigenvalue weighted by Crippen LogP contribution is 2.22. The van der Waals surface area contributed by atoms with E-state index in [1.807, 2.05) is 50.6 Å². The number of pyridine rings is 1. The molecule has 27 heavy (non-hydrogen) atoms. The van der Waals surface area contributed by atoms with Gasteiger partial charge in [-0.2, -0.15) is 5.10 Å². The van der Waals surface area contributed by atoms with Crippen LogP contribution in [0.1, 0.15) is 47.2 Å². The van der Waals surface area contributed by atoms with Crippen LogP contribution in [-0.4, -0.2) is 20.7 Å². The van der Waals surface area contributed by atoms with Gasteiger partial charge in [-0.05, 0) is 51.5 Å². The summed E-state index contributed by atoms with van der Waals surface area (Å²) < 4.78 is 1.95. The molecule has 6 nitrogen and oxygen atoms in total. The van der Waals surface area contributed by atoms with Crippen LogP contribution < -0.4 is 10.9 Å². The smallest absolute Gasteiger partial charge is 0.251 e. The Kier molecular flexibility index (Phi) is 5.26. The largest absolute Gasteiger partial charge is 0.345 e. The quantitative estimate of drug-likeness (QED) is 0.728. The Balaban J connectivity index is 1.76. The Morgan fingerprint density at radius 1 is 1.19 bits per heavy atom. The molecule has 1 amide bonds. The zero-order valence-electron chi connectivity index (χ0n) is 16.0. The Morgan fingerprint density at radius 3 is 2.48 bits per heavy atom. The van der Waals surface area contributed by atoms with Gasteiger partial charge in [0, 0.05) is 35.1 Å². The molecule has 1 aromatic carbocycles. The molecule has 2 N–H and O–H groups in total. The molecule has 0 aliphatic heterocycles. The lowest BCUT2D eigenvalue weighted by Crippen LogP contribution is -2.27. The van der Waals surface area contributed by atoms with Crippen LogP contribution in [0.3, 0.4) is 0 Å². The van der Waals surface area contributed by atoms with Crippen LogP contribution in [0.25, 0.3) is 11.3 Å². The maximum atomic E-state index is 12.6. The summed E-state index contributed by atoms with van der Waals surface area (Å²) in [5, 5.41) is 7.57. The van der Waals surface area contributed by atoms with E-state index in [1.54, 1.807) is 18.2 Å². The number of amides is 1. The van der Waals surface area contributed by atoms with Crippen molar-refractivity contribution in [2.75, 3.05) is 0 Å². The molecule has 2 heterocycles. The average Bonchev–Trinajstić information content (AvgIpc) is 2.95. The highest BCUT2D eigenvalue weighted by atomic mass is 16.1. The van der Waals surface area contributed by atoms with E-state index in [2.05, 4.69) is 15.4 Å². The zero-order chi connectivity index (χ0) is 19.6. The maximum absolute atomic E-state index is 12.6. The second-order valence-corrected chi connectivity index (χ2v) is 6.60. The number of rotatable bonds is 5. The molecule has 0 aliphatic carbocycles. The van der Waals surface area contributed by atoms with Gasteiger partial charge in [0.25, 0.3) is 5.91 Å². The second kappa shape index (κ2) is 7.61. The fourth-order valence-electron chi connectivity index (χ4n) is 3.41. The first-order chi connectivity index (χ1) is 12.9. The van der Waals surface area contributed by atoms with Crippen molar-refractivity contribution in [1.82, 2.24) is 20.1 Å². The molecule has 3 rings (SSSR count). The van der Waals surface area contributed by atoms with Gasteiger partial charge in [0.15, 0.2) is 0 Å². The fraction of sp³-hybridized carbons (Fsp3) is 0.286. The van der Waals surface area contributed by atoms with Crippen LogP contribution in [0.2, 0.25) is 0 Å². The third-order valence-corrected chi connectivity index (χ3v) is 4.74. The van der Waals surface area contributed by atoms with E-state index in [0.717, 1.165) is 34.8 Å². The first-order valence-corrected chi connectivity index (χ1v) is 9.05. The summed E-state index contributed by atoms with van der Waals surface area (Å²) in [5.41, 5.74) is 5.07. The van der Waals surface area contributed by atoms with Gasteiger partial charge in [-0.15, -0.1) is 0 Å². The SMILES string of the molecule is CCn1nc(C)c([C@H](C)NC(=O)c2ccc(-c3cccc(=O)[nH]3)cc2)c1C. The average molecular weight is 364 g/mol. The third kappa shape index (κ3) is 3.84. The predicted octanol–water partition coefficient (Wildman–Crippen LogP) is 3.37. The molecule has 0 bridgehead atoms. The van der Waals surface area contributed by atoms with Crippen molar-refractivity contribution in [3.8, 4) is 11.3 Å². The lowest BCUT2D eigenvalue weighted by Gasteiger charge is -2.15. The van der Waals surface area contributed by atoms with Crippen LogP contribution in [0.5, 0.6) is 0 Å².